The Kier molecular flexibility index (Phi) is 15.9. The maximum atomic E-state index is 3.74. The molecular formula is C21H24Cl2Zr. The van der Waals surface area contributed by atoms with Gasteiger partial charge in [0.1, 0.15) is 0 Å². The molecule has 2 aromatic rings. The summed E-state index contributed by atoms with van der Waals surface area (Å²) in [4.78, 5) is 0. The molecule has 1 aliphatic rings. The van der Waals surface area contributed by atoms with Crippen LogP contribution in [0.3, 0.4) is 0 Å². The number of benzene rings is 1. The molecule has 1 aliphatic carbocycles. The van der Waals surface area contributed by atoms with E-state index in [4.69, 9.17) is 0 Å². The molecule has 0 amide bonds. The molecule has 3 rings (SSSR count). The van der Waals surface area contributed by atoms with Crippen molar-refractivity contribution in [3.05, 3.63) is 78.4 Å². The van der Waals surface area contributed by atoms with Gasteiger partial charge in [-0.1, -0.05) is 38.3 Å². The average Bonchev–Trinajstić information content (AvgIpc) is 3.16. The molecule has 0 unspecified atom stereocenters. The Morgan fingerprint density at radius 3 is 2.58 bits per heavy atom. The minimum atomic E-state index is 0. The fourth-order valence-electron chi connectivity index (χ4n) is 2.54. The minimum Gasteiger partial charge on any atom is -1.00 e. The van der Waals surface area contributed by atoms with Crippen LogP contribution in [0.25, 0.3) is 10.8 Å². The first-order valence-corrected chi connectivity index (χ1v) is 7.85. The summed E-state index contributed by atoms with van der Waals surface area (Å²) in [6.45, 7) is 5.96. The van der Waals surface area contributed by atoms with Gasteiger partial charge in [0, 0.05) is 0 Å². The minimum absolute atomic E-state index is 0. The number of fused-ring (bicyclic) bond motifs is 1. The van der Waals surface area contributed by atoms with Gasteiger partial charge in [-0.2, -0.15) is 12.1 Å². The normalized spacial score (nSPS) is 11.3. The van der Waals surface area contributed by atoms with E-state index in [9.17, 15) is 0 Å². The zero-order valence-corrected chi connectivity index (χ0v) is 18.2. The van der Waals surface area contributed by atoms with Crippen LogP contribution in [0.2, 0.25) is 0 Å². The van der Waals surface area contributed by atoms with Gasteiger partial charge in [0.25, 0.3) is 0 Å². The fourth-order valence-corrected chi connectivity index (χ4v) is 2.54. The number of hydrogen-bond donors (Lipinski definition) is 0. The van der Waals surface area contributed by atoms with Gasteiger partial charge in [0.2, 0.25) is 0 Å². The van der Waals surface area contributed by atoms with E-state index in [1.165, 1.54) is 41.2 Å². The van der Waals surface area contributed by atoms with Crippen LogP contribution in [-0.2, 0) is 32.6 Å². The van der Waals surface area contributed by atoms with Crippen LogP contribution in [0.4, 0.5) is 0 Å². The Hall–Kier alpha value is -0.487. The number of allylic oxidation sites excluding steroid dienone is 5. The molecule has 0 aliphatic heterocycles. The van der Waals surface area contributed by atoms with Crippen LogP contribution < -0.4 is 24.8 Å². The molecule has 0 N–H and O–H groups in total. The average molecular weight is 439 g/mol. The molecule has 3 heteroatoms. The third-order valence-electron chi connectivity index (χ3n) is 3.70. The van der Waals surface area contributed by atoms with Crippen LogP contribution in [-0.4, -0.2) is 0 Å². The van der Waals surface area contributed by atoms with Crippen molar-refractivity contribution in [2.45, 2.75) is 39.0 Å². The molecule has 0 nitrogen and oxygen atoms in total. The molecule has 0 radical (unpaired) electrons. The van der Waals surface area contributed by atoms with Crippen LogP contribution >= 0.6 is 0 Å². The van der Waals surface area contributed by atoms with Crippen molar-refractivity contribution in [1.29, 1.82) is 0 Å². The van der Waals surface area contributed by atoms with Gasteiger partial charge in [-0.3, -0.25) is 6.08 Å². The Labute approximate surface area is 178 Å². The second-order valence-electron chi connectivity index (χ2n) is 5.35. The number of halogens is 2. The zero-order chi connectivity index (χ0) is 14.9. The van der Waals surface area contributed by atoms with Crippen molar-refractivity contribution in [2.24, 2.45) is 0 Å². The van der Waals surface area contributed by atoms with Crippen LogP contribution in [0.1, 0.15) is 38.2 Å². The van der Waals surface area contributed by atoms with E-state index in [1.54, 1.807) is 0 Å². The molecule has 0 fully saturated rings. The molecule has 2 aromatic carbocycles. The molecule has 0 atom stereocenters. The summed E-state index contributed by atoms with van der Waals surface area (Å²) in [7, 11) is 0. The monoisotopic (exact) mass is 436 g/mol. The predicted octanol–water partition coefficient (Wildman–Crippen LogP) is 0.159. The Bertz CT molecular complexity index is 638. The van der Waals surface area contributed by atoms with E-state index in [0.717, 1.165) is 12.8 Å². The smallest absolute Gasteiger partial charge is 1.00 e. The molecule has 24 heavy (non-hydrogen) atoms. The largest absolute Gasteiger partial charge is 4.00 e. The number of unbranched alkanes of at least 4 members (excludes halogenated alkanes) is 1. The molecule has 0 saturated carbocycles. The Morgan fingerprint density at radius 1 is 1.21 bits per heavy atom. The first-order valence-electron chi connectivity index (χ1n) is 7.85. The van der Waals surface area contributed by atoms with E-state index < -0.39 is 0 Å². The van der Waals surface area contributed by atoms with Gasteiger partial charge >= 0.3 is 26.2 Å². The molecule has 126 valence electrons. The van der Waals surface area contributed by atoms with Crippen molar-refractivity contribution in [3.8, 4) is 0 Å². The van der Waals surface area contributed by atoms with Gasteiger partial charge in [0.15, 0.2) is 0 Å². The summed E-state index contributed by atoms with van der Waals surface area (Å²) in [5, 5.41) is 2.69. The summed E-state index contributed by atoms with van der Waals surface area (Å²) in [6.07, 6.45) is 15.4. The number of hydrogen-bond acceptors (Lipinski definition) is 0. The SMILES string of the molecule is C=CC[c-]1ccc2ccccc21.CCCCC1=[C-]CC=C1.[Cl-].[Cl-].[Zr+4]. The van der Waals surface area contributed by atoms with Crippen LogP contribution in [0.15, 0.2) is 66.8 Å². The first-order chi connectivity index (χ1) is 10.3. The van der Waals surface area contributed by atoms with Crippen molar-refractivity contribution in [3.63, 3.8) is 0 Å². The van der Waals surface area contributed by atoms with Gasteiger partial charge in [-0.25, -0.2) is 11.6 Å². The van der Waals surface area contributed by atoms with Crippen molar-refractivity contribution in [1.82, 2.24) is 0 Å². The summed E-state index contributed by atoms with van der Waals surface area (Å²) in [5.41, 5.74) is 2.79. The third kappa shape index (κ3) is 8.06. The van der Waals surface area contributed by atoms with E-state index >= 15 is 0 Å². The quantitative estimate of drug-likeness (QED) is 0.461. The molecule has 0 spiro atoms. The predicted molar refractivity (Wildman–Crippen MR) is 93.5 cm³/mol. The second kappa shape index (κ2) is 14.8. The van der Waals surface area contributed by atoms with Crippen molar-refractivity contribution >= 4 is 10.8 Å². The summed E-state index contributed by atoms with van der Waals surface area (Å²) in [5.74, 6) is 0. The van der Waals surface area contributed by atoms with Crippen molar-refractivity contribution < 1.29 is 51.0 Å². The van der Waals surface area contributed by atoms with Crippen LogP contribution in [0.5, 0.6) is 0 Å². The Morgan fingerprint density at radius 2 is 1.96 bits per heavy atom. The topological polar surface area (TPSA) is 0 Å². The van der Waals surface area contributed by atoms with Crippen molar-refractivity contribution in [2.75, 3.05) is 0 Å². The standard InChI is InChI=1S/C12H11.C9H13.2ClH.Zr/c1-2-5-10-8-9-11-6-3-4-7-12(10)11;1-2-3-6-9-7-4-5-8-9;;;/h2-4,6-9H,1,5H2;4,7H,2-3,5-6H2,1H3;2*1H;/q2*-1;;;+4/p-2. The van der Waals surface area contributed by atoms with E-state index in [0.29, 0.717) is 0 Å². The third-order valence-corrected chi connectivity index (χ3v) is 3.70. The van der Waals surface area contributed by atoms with E-state index in [2.05, 4.69) is 68.1 Å². The van der Waals surface area contributed by atoms with Crippen LogP contribution in [0, 0.1) is 6.08 Å². The van der Waals surface area contributed by atoms with Gasteiger partial charge in [-0.15, -0.1) is 53.6 Å². The van der Waals surface area contributed by atoms with E-state index in [-0.39, 0.29) is 51.0 Å². The summed E-state index contributed by atoms with van der Waals surface area (Å²) in [6, 6.07) is 12.8. The van der Waals surface area contributed by atoms with Gasteiger partial charge in [0.05, 0.1) is 0 Å². The van der Waals surface area contributed by atoms with Gasteiger partial charge < -0.3 is 24.8 Å². The fraction of sp³-hybridized carbons (Fsp3) is 0.286. The molecule has 0 heterocycles. The first kappa shape index (κ1) is 25.7. The van der Waals surface area contributed by atoms with E-state index in [1.807, 2.05) is 6.08 Å². The molecule has 0 aromatic heterocycles. The Balaban J connectivity index is 0. The number of rotatable bonds is 5. The summed E-state index contributed by atoms with van der Waals surface area (Å²) < 4.78 is 0. The summed E-state index contributed by atoms with van der Waals surface area (Å²) >= 11 is 0. The molecule has 0 bridgehead atoms. The maximum absolute atomic E-state index is 3.74. The molecule has 0 saturated heterocycles. The maximum Gasteiger partial charge on any atom is 4.00 e. The van der Waals surface area contributed by atoms with Gasteiger partial charge in [-0.05, 0) is 6.42 Å². The zero-order valence-electron chi connectivity index (χ0n) is 14.2. The second-order valence-corrected chi connectivity index (χ2v) is 5.35. The molecular weight excluding hydrogens is 414 g/mol.